The summed E-state index contributed by atoms with van der Waals surface area (Å²) in [5.41, 5.74) is 2.21. The van der Waals surface area contributed by atoms with E-state index >= 15 is 0 Å². The first-order valence-electron chi connectivity index (χ1n) is 7.82. The largest absolute Gasteiger partial charge is 0.352 e. The smallest absolute Gasteiger partial charge is 0.272 e. The highest BCUT2D eigenvalue weighted by atomic mass is 19.1. The molecular weight excluding hydrogens is 311 g/mol. The molecule has 1 heterocycles. The maximum absolute atomic E-state index is 13.4. The van der Waals surface area contributed by atoms with Crippen LogP contribution in [0.25, 0.3) is 11.3 Å². The van der Waals surface area contributed by atoms with Gasteiger partial charge in [0, 0.05) is 18.7 Å². The van der Waals surface area contributed by atoms with E-state index in [-0.39, 0.29) is 30.0 Å². The summed E-state index contributed by atoms with van der Waals surface area (Å²) in [7, 11) is 1.71. The predicted molar refractivity (Wildman–Crippen MR) is 86.8 cm³/mol. The normalized spacial score (nSPS) is 13.6. The zero-order valence-electron chi connectivity index (χ0n) is 13.6. The van der Waals surface area contributed by atoms with E-state index in [1.807, 2.05) is 0 Å². The molecule has 0 aliphatic heterocycles. The summed E-state index contributed by atoms with van der Waals surface area (Å²) in [5, 5.41) is 9.53. The van der Waals surface area contributed by atoms with E-state index in [4.69, 9.17) is 0 Å². The predicted octanol–water partition coefficient (Wildman–Crippen LogP) is 1.54. The lowest BCUT2D eigenvalue weighted by Gasteiger charge is -2.03. The molecule has 0 radical (unpaired) electrons. The Balaban J connectivity index is 1.69. The summed E-state index contributed by atoms with van der Waals surface area (Å²) in [5.74, 6) is -0.890. The Morgan fingerprint density at radius 2 is 2.08 bits per heavy atom. The van der Waals surface area contributed by atoms with Gasteiger partial charge in [0.15, 0.2) is 5.69 Å². The fraction of sp³-hybridized carbons (Fsp3) is 0.353. The molecular formula is C17H19FN4O2. The van der Waals surface area contributed by atoms with Crippen LogP contribution in [0.2, 0.25) is 0 Å². The van der Waals surface area contributed by atoms with Crippen molar-refractivity contribution in [3.63, 3.8) is 0 Å². The number of nitrogens with one attached hydrogen (secondary N) is 2. The summed E-state index contributed by atoms with van der Waals surface area (Å²) < 4.78 is 15.0. The van der Waals surface area contributed by atoms with Gasteiger partial charge in [0.1, 0.15) is 5.82 Å². The Bertz CT molecular complexity index is 796. The number of amides is 2. The van der Waals surface area contributed by atoms with Gasteiger partial charge in [0.2, 0.25) is 5.91 Å². The molecule has 0 unspecified atom stereocenters. The number of aryl methyl sites for hydroxylation is 2. The minimum absolute atomic E-state index is 0.0725. The number of rotatable bonds is 5. The van der Waals surface area contributed by atoms with Crippen LogP contribution in [0, 0.1) is 12.7 Å². The molecule has 0 saturated heterocycles. The maximum Gasteiger partial charge on any atom is 0.272 e. The molecule has 1 saturated carbocycles. The van der Waals surface area contributed by atoms with E-state index in [0.717, 1.165) is 18.4 Å². The number of aromatic nitrogens is 2. The van der Waals surface area contributed by atoms with Gasteiger partial charge in [-0.1, -0.05) is 0 Å². The lowest BCUT2D eigenvalue weighted by molar-refractivity contribution is -0.120. The number of nitrogens with zero attached hydrogens (tertiary/aromatic N) is 2. The van der Waals surface area contributed by atoms with Gasteiger partial charge in [-0.25, -0.2) is 4.39 Å². The molecule has 0 atom stereocenters. The topological polar surface area (TPSA) is 76.0 Å². The second-order valence-corrected chi connectivity index (χ2v) is 6.03. The Morgan fingerprint density at radius 1 is 1.33 bits per heavy atom. The molecule has 24 heavy (non-hydrogen) atoms. The molecule has 2 N–H and O–H groups in total. The second kappa shape index (κ2) is 6.43. The first kappa shape index (κ1) is 16.2. The number of halogens is 1. The van der Waals surface area contributed by atoms with Gasteiger partial charge in [-0.2, -0.15) is 5.10 Å². The summed E-state index contributed by atoms with van der Waals surface area (Å²) in [6, 6.07) is 6.62. The fourth-order valence-corrected chi connectivity index (χ4v) is 2.41. The fourth-order valence-electron chi connectivity index (χ4n) is 2.41. The quantitative estimate of drug-likeness (QED) is 0.873. The minimum Gasteiger partial charge on any atom is -0.352 e. The van der Waals surface area contributed by atoms with Crippen LogP contribution < -0.4 is 10.6 Å². The number of carbonyl (C=O) groups excluding carboxylic acids is 2. The van der Waals surface area contributed by atoms with E-state index in [1.165, 1.54) is 6.07 Å². The first-order valence-corrected chi connectivity index (χ1v) is 7.82. The maximum atomic E-state index is 13.4. The average Bonchev–Trinajstić information content (AvgIpc) is 3.27. The number of benzene rings is 1. The van der Waals surface area contributed by atoms with Crippen molar-refractivity contribution in [3.8, 4) is 11.3 Å². The minimum atomic E-state index is -0.415. The SMILES string of the molecule is Cc1cc(-c2cc(C(=O)NCC(=O)NC3CC3)nn2C)ccc1F. The lowest BCUT2D eigenvalue weighted by Crippen LogP contribution is -2.38. The Morgan fingerprint density at radius 3 is 2.75 bits per heavy atom. The number of carbonyl (C=O) groups is 2. The van der Waals surface area contributed by atoms with Gasteiger partial charge in [-0.3, -0.25) is 14.3 Å². The van der Waals surface area contributed by atoms with E-state index in [9.17, 15) is 14.0 Å². The van der Waals surface area contributed by atoms with Crippen molar-refractivity contribution in [1.29, 1.82) is 0 Å². The van der Waals surface area contributed by atoms with Crippen LogP contribution in [0.3, 0.4) is 0 Å². The monoisotopic (exact) mass is 330 g/mol. The zero-order chi connectivity index (χ0) is 17.3. The average molecular weight is 330 g/mol. The molecule has 1 aliphatic rings. The van der Waals surface area contributed by atoms with Gasteiger partial charge < -0.3 is 10.6 Å². The van der Waals surface area contributed by atoms with Crippen LogP contribution in [0.4, 0.5) is 4.39 Å². The van der Waals surface area contributed by atoms with Gasteiger partial charge in [-0.15, -0.1) is 0 Å². The summed E-state index contributed by atoms with van der Waals surface area (Å²) in [6.07, 6.45) is 2.00. The molecule has 6 nitrogen and oxygen atoms in total. The Kier molecular flexibility index (Phi) is 4.33. The van der Waals surface area contributed by atoms with E-state index in [2.05, 4.69) is 15.7 Å². The highest BCUT2D eigenvalue weighted by Crippen LogP contribution is 2.22. The van der Waals surface area contributed by atoms with Crippen LogP contribution in [0.15, 0.2) is 24.3 Å². The van der Waals surface area contributed by atoms with Crippen molar-refractivity contribution >= 4 is 11.8 Å². The zero-order valence-corrected chi connectivity index (χ0v) is 13.6. The van der Waals surface area contributed by atoms with Crippen LogP contribution in [0.5, 0.6) is 0 Å². The van der Waals surface area contributed by atoms with Gasteiger partial charge >= 0.3 is 0 Å². The number of hydrogen-bond donors (Lipinski definition) is 2. The standard InChI is InChI=1S/C17H19FN4O2/c1-10-7-11(3-6-13(10)18)15-8-14(21-22(15)2)17(24)19-9-16(23)20-12-4-5-12/h3,6-8,12H,4-5,9H2,1-2H3,(H,19,24)(H,20,23). The molecule has 0 bridgehead atoms. The summed E-state index contributed by atoms with van der Waals surface area (Å²) >= 11 is 0. The molecule has 2 aromatic rings. The molecule has 7 heteroatoms. The van der Waals surface area contributed by atoms with Crippen LogP contribution >= 0.6 is 0 Å². The van der Waals surface area contributed by atoms with E-state index < -0.39 is 5.91 Å². The van der Waals surface area contributed by atoms with E-state index in [0.29, 0.717) is 11.3 Å². The van der Waals surface area contributed by atoms with Crippen molar-refractivity contribution in [1.82, 2.24) is 20.4 Å². The first-order chi connectivity index (χ1) is 11.4. The van der Waals surface area contributed by atoms with E-state index in [1.54, 1.807) is 36.9 Å². The van der Waals surface area contributed by atoms with Crippen LogP contribution in [-0.4, -0.2) is 34.2 Å². The Hall–Kier alpha value is -2.70. The molecule has 3 rings (SSSR count). The molecule has 0 spiro atoms. The lowest BCUT2D eigenvalue weighted by atomic mass is 10.1. The van der Waals surface area contributed by atoms with Crippen molar-refractivity contribution in [3.05, 3.63) is 41.3 Å². The molecule has 2 amide bonds. The van der Waals surface area contributed by atoms with Gasteiger partial charge in [0.25, 0.3) is 5.91 Å². The summed E-state index contributed by atoms with van der Waals surface area (Å²) in [6.45, 7) is 1.61. The highest BCUT2D eigenvalue weighted by molar-refractivity contribution is 5.95. The van der Waals surface area contributed by atoms with Crippen molar-refractivity contribution in [2.24, 2.45) is 7.05 Å². The highest BCUT2D eigenvalue weighted by Gasteiger charge is 2.23. The van der Waals surface area contributed by atoms with Crippen LogP contribution in [0.1, 0.15) is 28.9 Å². The molecule has 1 aliphatic carbocycles. The molecule has 1 aromatic carbocycles. The molecule has 126 valence electrons. The van der Waals surface area contributed by atoms with Crippen molar-refractivity contribution < 1.29 is 14.0 Å². The second-order valence-electron chi connectivity index (χ2n) is 6.03. The van der Waals surface area contributed by atoms with Crippen molar-refractivity contribution in [2.45, 2.75) is 25.8 Å². The number of hydrogen-bond acceptors (Lipinski definition) is 3. The van der Waals surface area contributed by atoms with Gasteiger partial charge in [-0.05, 0) is 49.6 Å². The third kappa shape index (κ3) is 3.61. The molecule has 1 fully saturated rings. The third-order valence-corrected chi connectivity index (χ3v) is 3.92. The van der Waals surface area contributed by atoms with Crippen molar-refractivity contribution in [2.75, 3.05) is 6.54 Å². The van der Waals surface area contributed by atoms with Gasteiger partial charge in [0.05, 0.1) is 12.2 Å². The Labute approximate surface area is 139 Å². The summed E-state index contributed by atoms with van der Waals surface area (Å²) in [4.78, 5) is 23.7. The molecule has 1 aromatic heterocycles. The van der Waals surface area contributed by atoms with Crippen LogP contribution in [-0.2, 0) is 11.8 Å². The third-order valence-electron chi connectivity index (χ3n) is 3.92.